The zero-order valence-corrected chi connectivity index (χ0v) is 19.3. The average molecular weight is 462 g/mol. The molecule has 1 amide bonds. The molecule has 1 atom stereocenters. The second-order valence-corrected chi connectivity index (χ2v) is 10.9. The molecule has 0 spiro atoms. The van der Waals surface area contributed by atoms with Gasteiger partial charge in [0, 0.05) is 20.1 Å². The predicted octanol–water partition coefficient (Wildman–Crippen LogP) is 3.52. The molecule has 1 saturated heterocycles. The van der Waals surface area contributed by atoms with Crippen LogP contribution >= 0.6 is 11.3 Å². The number of amides is 1. The van der Waals surface area contributed by atoms with Gasteiger partial charge in [-0.2, -0.15) is 9.30 Å². The van der Waals surface area contributed by atoms with Crippen LogP contribution in [0.2, 0.25) is 0 Å². The summed E-state index contributed by atoms with van der Waals surface area (Å²) in [5, 5.41) is 0. The van der Waals surface area contributed by atoms with Gasteiger partial charge in [0.15, 0.2) is 4.80 Å². The van der Waals surface area contributed by atoms with Crippen LogP contribution in [-0.4, -0.2) is 36.3 Å². The number of nitrogens with zero attached hydrogens (tertiary/aromatic N) is 3. The first-order chi connectivity index (χ1) is 14.7. The SMILES string of the molecule is Cc1cc(C)c2sc(=NC(=O)C3CCCN(S(=O)(=O)c4ccc(F)cc4)C3)n(C)c2c1. The van der Waals surface area contributed by atoms with Crippen molar-refractivity contribution in [3.05, 3.63) is 58.1 Å². The minimum Gasteiger partial charge on any atom is -0.319 e. The number of thiazole rings is 1. The lowest BCUT2D eigenvalue weighted by atomic mass is 9.99. The number of hydrogen-bond donors (Lipinski definition) is 0. The third-order valence-electron chi connectivity index (χ3n) is 5.63. The Kier molecular flexibility index (Phi) is 5.85. The fourth-order valence-corrected chi connectivity index (χ4v) is 6.58. The normalized spacial score (nSPS) is 18.6. The van der Waals surface area contributed by atoms with Crippen molar-refractivity contribution >= 4 is 37.5 Å². The highest BCUT2D eigenvalue weighted by atomic mass is 32.2. The Labute approximate surface area is 184 Å². The highest BCUT2D eigenvalue weighted by molar-refractivity contribution is 7.89. The number of benzene rings is 2. The van der Waals surface area contributed by atoms with Crippen molar-refractivity contribution in [2.24, 2.45) is 18.0 Å². The predicted molar refractivity (Wildman–Crippen MR) is 119 cm³/mol. The highest BCUT2D eigenvalue weighted by Crippen LogP contribution is 2.26. The number of carbonyl (C=O) groups excluding carboxylic acids is 1. The van der Waals surface area contributed by atoms with E-state index in [9.17, 15) is 17.6 Å². The molecule has 0 radical (unpaired) electrons. The Bertz CT molecular complexity index is 1320. The lowest BCUT2D eigenvalue weighted by Gasteiger charge is -2.30. The van der Waals surface area contributed by atoms with Crippen LogP contribution in [0.3, 0.4) is 0 Å². The van der Waals surface area contributed by atoms with Crippen LogP contribution in [0, 0.1) is 25.6 Å². The van der Waals surface area contributed by atoms with E-state index in [1.165, 1.54) is 27.8 Å². The number of piperidine rings is 1. The monoisotopic (exact) mass is 461 g/mol. The zero-order valence-electron chi connectivity index (χ0n) is 17.6. The van der Waals surface area contributed by atoms with E-state index >= 15 is 0 Å². The van der Waals surface area contributed by atoms with Gasteiger partial charge in [0.2, 0.25) is 10.0 Å². The second-order valence-electron chi connectivity index (χ2n) is 7.98. The summed E-state index contributed by atoms with van der Waals surface area (Å²) in [6.07, 6.45) is 1.16. The van der Waals surface area contributed by atoms with Gasteiger partial charge in [-0.15, -0.1) is 0 Å². The molecule has 1 unspecified atom stereocenters. The number of rotatable bonds is 3. The van der Waals surface area contributed by atoms with Gasteiger partial charge in [0.25, 0.3) is 5.91 Å². The zero-order chi connectivity index (χ0) is 22.3. The molecule has 2 aromatic carbocycles. The van der Waals surface area contributed by atoms with Crippen molar-refractivity contribution in [3.8, 4) is 0 Å². The molecule has 9 heteroatoms. The number of carbonyl (C=O) groups is 1. The van der Waals surface area contributed by atoms with Crippen LogP contribution in [-0.2, 0) is 21.9 Å². The maximum atomic E-state index is 13.2. The average Bonchev–Trinajstić information content (AvgIpc) is 3.04. The number of halogens is 1. The summed E-state index contributed by atoms with van der Waals surface area (Å²) >= 11 is 1.46. The molecular weight excluding hydrogens is 437 g/mol. The number of aromatic nitrogens is 1. The molecule has 0 bridgehead atoms. The van der Waals surface area contributed by atoms with Crippen molar-refractivity contribution in [1.29, 1.82) is 0 Å². The van der Waals surface area contributed by atoms with Crippen molar-refractivity contribution in [1.82, 2.24) is 8.87 Å². The molecule has 4 rings (SSSR count). The van der Waals surface area contributed by atoms with E-state index < -0.39 is 21.8 Å². The summed E-state index contributed by atoms with van der Waals surface area (Å²) in [5.41, 5.74) is 3.31. The fourth-order valence-electron chi connectivity index (χ4n) is 3.98. The van der Waals surface area contributed by atoms with Gasteiger partial charge < -0.3 is 4.57 Å². The summed E-state index contributed by atoms with van der Waals surface area (Å²) in [5.74, 6) is -1.31. The summed E-state index contributed by atoms with van der Waals surface area (Å²) in [7, 11) is -1.90. The van der Waals surface area contributed by atoms with Gasteiger partial charge in [0.05, 0.1) is 21.0 Å². The van der Waals surface area contributed by atoms with Crippen molar-refractivity contribution in [3.63, 3.8) is 0 Å². The number of sulfonamides is 1. The molecule has 164 valence electrons. The summed E-state index contributed by atoms with van der Waals surface area (Å²) < 4.78 is 43.3. The van der Waals surface area contributed by atoms with Gasteiger partial charge in [-0.1, -0.05) is 17.4 Å². The Morgan fingerprint density at radius 3 is 2.61 bits per heavy atom. The van der Waals surface area contributed by atoms with Gasteiger partial charge in [0.1, 0.15) is 5.82 Å². The maximum absolute atomic E-state index is 13.2. The molecule has 0 N–H and O–H groups in total. The second kappa shape index (κ2) is 8.29. The fraction of sp³-hybridized carbons (Fsp3) is 0.364. The van der Waals surface area contributed by atoms with Crippen LogP contribution in [0.5, 0.6) is 0 Å². The van der Waals surface area contributed by atoms with Crippen LogP contribution < -0.4 is 4.80 Å². The Morgan fingerprint density at radius 1 is 1.19 bits per heavy atom. The summed E-state index contributed by atoms with van der Waals surface area (Å²) in [6.45, 7) is 4.48. The standard InChI is InChI=1S/C22H24FN3O3S2/c1-14-11-15(2)20-19(12-14)25(3)22(30-20)24-21(27)16-5-4-10-26(13-16)31(28,29)18-8-6-17(23)7-9-18/h6-9,11-12,16H,4-5,10,13H2,1-3H3. The van der Waals surface area contributed by atoms with Gasteiger partial charge in [-0.05, 0) is 68.1 Å². The molecule has 0 saturated carbocycles. The molecule has 2 heterocycles. The van der Waals surface area contributed by atoms with Crippen LogP contribution in [0.4, 0.5) is 4.39 Å². The van der Waals surface area contributed by atoms with Crippen LogP contribution in [0.1, 0.15) is 24.0 Å². The van der Waals surface area contributed by atoms with E-state index in [2.05, 4.69) is 17.1 Å². The van der Waals surface area contributed by atoms with E-state index in [1.807, 2.05) is 25.5 Å². The summed E-state index contributed by atoms with van der Waals surface area (Å²) in [4.78, 5) is 18.0. The Balaban J connectivity index is 1.61. The molecule has 1 aliphatic rings. The number of hydrogen-bond acceptors (Lipinski definition) is 4. The lowest BCUT2D eigenvalue weighted by Crippen LogP contribution is -2.42. The maximum Gasteiger partial charge on any atom is 0.252 e. The molecule has 1 fully saturated rings. The minimum absolute atomic E-state index is 0.0284. The van der Waals surface area contributed by atoms with E-state index in [1.54, 1.807) is 0 Å². The van der Waals surface area contributed by atoms with Gasteiger partial charge in [-0.25, -0.2) is 12.8 Å². The molecule has 1 aromatic heterocycles. The Hall–Kier alpha value is -2.36. The van der Waals surface area contributed by atoms with Gasteiger partial charge >= 0.3 is 0 Å². The Morgan fingerprint density at radius 2 is 1.90 bits per heavy atom. The molecule has 1 aliphatic heterocycles. The molecular formula is C22H24FN3O3S2. The van der Waals surface area contributed by atoms with Gasteiger partial charge in [-0.3, -0.25) is 4.79 Å². The third kappa shape index (κ3) is 4.22. The minimum atomic E-state index is -3.79. The molecule has 6 nitrogen and oxygen atoms in total. The highest BCUT2D eigenvalue weighted by Gasteiger charge is 2.33. The summed E-state index contributed by atoms with van der Waals surface area (Å²) in [6, 6.07) is 8.92. The van der Waals surface area contributed by atoms with Crippen LogP contribution in [0.15, 0.2) is 46.3 Å². The molecule has 0 aliphatic carbocycles. The first-order valence-electron chi connectivity index (χ1n) is 10.1. The van der Waals surface area contributed by atoms with Crippen molar-refractivity contribution in [2.45, 2.75) is 31.6 Å². The smallest absolute Gasteiger partial charge is 0.252 e. The van der Waals surface area contributed by atoms with E-state index in [0.717, 1.165) is 33.5 Å². The molecule has 3 aromatic rings. The first-order valence-corrected chi connectivity index (χ1v) is 12.3. The van der Waals surface area contributed by atoms with Crippen molar-refractivity contribution < 1.29 is 17.6 Å². The van der Waals surface area contributed by atoms with E-state index in [0.29, 0.717) is 24.2 Å². The largest absolute Gasteiger partial charge is 0.319 e. The van der Waals surface area contributed by atoms with Crippen LogP contribution in [0.25, 0.3) is 10.2 Å². The molecule has 31 heavy (non-hydrogen) atoms. The topological polar surface area (TPSA) is 71.7 Å². The number of aryl methyl sites for hydroxylation is 3. The lowest BCUT2D eigenvalue weighted by molar-refractivity contribution is -0.122. The quantitative estimate of drug-likeness (QED) is 0.599. The van der Waals surface area contributed by atoms with E-state index in [4.69, 9.17) is 0 Å². The third-order valence-corrected chi connectivity index (χ3v) is 8.79. The van der Waals surface area contributed by atoms with E-state index in [-0.39, 0.29) is 17.3 Å². The first kappa shape index (κ1) is 21.9. The number of fused-ring (bicyclic) bond motifs is 1. The van der Waals surface area contributed by atoms with Crippen molar-refractivity contribution in [2.75, 3.05) is 13.1 Å².